The summed E-state index contributed by atoms with van der Waals surface area (Å²) in [4.78, 5) is 14.0. The van der Waals surface area contributed by atoms with Gasteiger partial charge >= 0.3 is 0 Å². The maximum Gasteiger partial charge on any atom is 0.231 e. The Labute approximate surface area is 138 Å². The third kappa shape index (κ3) is 2.85. The second-order valence-corrected chi connectivity index (χ2v) is 6.98. The number of aromatic nitrogens is 3. The number of rotatable bonds is 5. The van der Waals surface area contributed by atoms with E-state index < -0.39 is 0 Å². The van der Waals surface area contributed by atoms with E-state index in [1.165, 1.54) is 23.9 Å². The highest BCUT2D eigenvalue weighted by molar-refractivity contribution is 7.99. The van der Waals surface area contributed by atoms with Gasteiger partial charge in [0.15, 0.2) is 11.0 Å². The molecule has 7 heteroatoms. The van der Waals surface area contributed by atoms with E-state index in [1.807, 2.05) is 30.4 Å². The molecule has 0 N–H and O–H groups in total. The van der Waals surface area contributed by atoms with Gasteiger partial charge in [-0.25, -0.2) is 4.39 Å². The molecule has 2 aromatic rings. The van der Waals surface area contributed by atoms with Crippen LogP contribution >= 0.6 is 11.8 Å². The van der Waals surface area contributed by atoms with Gasteiger partial charge in [-0.2, -0.15) is 0 Å². The Morgan fingerprint density at radius 3 is 2.61 bits per heavy atom. The molecule has 1 aromatic carbocycles. The summed E-state index contributed by atoms with van der Waals surface area (Å²) < 4.78 is 14.9. The van der Waals surface area contributed by atoms with Crippen molar-refractivity contribution in [2.24, 2.45) is 12.5 Å². The number of benzene rings is 1. The maximum atomic E-state index is 13.0. The van der Waals surface area contributed by atoms with Crippen LogP contribution in [0, 0.1) is 11.2 Å². The van der Waals surface area contributed by atoms with Gasteiger partial charge in [-0.15, -0.1) is 10.2 Å². The highest BCUT2D eigenvalue weighted by atomic mass is 32.2. The smallest absolute Gasteiger partial charge is 0.231 e. The molecule has 1 saturated heterocycles. The first-order valence-electron chi connectivity index (χ1n) is 7.52. The number of halogens is 1. The summed E-state index contributed by atoms with van der Waals surface area (Å²) in [5.74, 6) is 1.29. The lowest BCUT2D eigenvalue weighted by Crippen LogP contribution is -2.60. The Morgan fingerprint density at radius 1 is 1.30 bits per heavy atom. The number of amides is 1. The van der Waals surface area contributed by atoms with Crippen LogP contribution in [-0.4, -0.2) is 44.4 Å². The average Bonchev–Trinajstić information content (AvgIpc) is 2.92. The number of carbonyl (C=O) groups excluding carboxylic acids is 1. The average molecular weight is 334 g/mol. The van der Waals surface area contributed by atoms with E-state index in [-0.39, 0.29) is 17.1 Å². The molecule has 1 atom stereocenters. The zero-order valence-corrected chi connectivity index (χ0v) is 14.2. The molecular formula is C16H19FN4OS. The zero-order chi connectivity index (χ0) is 16.6. The van der Waals surface area contributed by atoms with Gasteiger partial charge in [0.1, 0.15) is 5.82 Å². The van der Waals surface area contributed by atoms with E-state index in [9.17, 15) is 9.18 Å². The number of carbonyl (C=O) groups is 1. The van der Waals surface area contributed by atoms with Gasteiger partial charge in [0, 0.05) is 31.5 Å². The predicted molar refractivity (Wildman–Crippen MR) is 87.5 cm³/mol. The molecule has 0 aliphatic carbocycles. The van der Waals surface area contributed by atoms with Crippen LogP contribution < -0.4 is 0 Å². The Balaban J connectivity index is 1.71. The topological polar surface area (TPSA) is 51.0 Å². The Morgan fingerprint density at radius 2 is 2.00 bits per heavy atom. The molecule has 0 bridgehead atoms. The number of hydrogen-bond acceptors (Lipinski definition) is 4. The van der Waals surface area contributed by atoms with Crippen molar-refractivity contribution >= 4 is 17.7 Å². The monoisotopic (exact) mass is 334 g/mol. The van der Waals surface area contributed by atoms with Gasteiger partial charge in [0.05, 0.1) is 5.41 Å². The lowest BCUT2D eigenvalue weighted by Gasteiger charge is -2.46. The molecule has 0 radical (unpaired) electrons. The Kier molecular flexibility index (Phi) is 4.14. The minimum Gasteiger partial charge on any atom is -0.341 e. The van der Waals surface area contributed by atoms with E-state index in [4.69, 9.17) is 0 Å². The lowest BCUT2D eigenvalue weighted by molar-refractivity contribution is -0.155. The standard InChI is InChI=1S/C16H19FN4OS/c1-4-21-9-16(2,14(21)22)10-23-15-19-18-13(20(15)3)11-5-7-12(17)8-6-11/h5-8H,4,9-10H2,1-3H3. The van der Waals surface area contributed by atoms with Crippen LogP contribution in [-0.2, 0) is 11.8 Å². The van der Waals surface area contributed by atoms with Gasteiger partial charge < -0.3 is 9.47 Å². The molecular weight excluding hydrogens is 315 g/mol. The normalized spacial score (nSPS) is 20.7. The van der Waals surface area contributed by atoms with Crippen molar-refractivity contribution < 1.29 is 9.18 Å². The molecule has 2 heterocycles. The molecule has 122 valence electrons. The van der Waals surface area contributed by atoms with Gasteiger partial charge in [0.25, 0.3) is 0 Å². The van der Waals surface area contributed by atoms with Crippen LogP contribution in [0.4, 0.5) is 4.39 Å². The SMILES string of the molecule is CCN1CC(C)(CSc2nnc(-c3ccc(F)cc3)n2C)C1=O. The number of likely N-dealkylation sites (tertiary alicyclic amines) is 1. The third-order valence-electron chi connectivity index (χ3n) is 4.18. The molecule has 5 nitrogen and oxygen atoms in total. The summed E-state index contributed by atoms with van der Waals surface area (Å²) in [5, 5.41) is 9.14. The van der Waals surface area contributed by atoms with E-state index >= 15 is 0 Å². The van der Waals surface area contributed by atoms with Crippen LogP contribution in [0.25, 0.3) is 11.4 Å². The quantitative estimate of drug-likeness (QED) is 0.623. The lowest BCUT2D eigenvalue weighted by atomic mass is 9.83. The largest absolute Gasteiger partial charge is 0.341 e. The highest BCUT2D eigenvalue weighted by Gasteiger charge is 2.47. The number of hydrogen-bond donors (Lipinski definition) is 0. The minimum atomic E-state index is -0.317. The van der Waals surface area contributed by atoms with Crippen LogP contribution in [0.15, 0.2) is 29.4 Å². The first-order chi connectivity index (χ1) is 10.9. The van der Waals surface area contributed by atoms with Gasteiger partial charge in [-0.1, -0.05) is 11.8 Å². The van der Waals surface area contributed by atoms with Crippen molar-refractivity contribution in [3.8, 4) is 11.4 Å². The van der Waals surface area contributed by atoms with E-state index in [2.05, 4.69) is 10.2 Å². The van der Waals surface area contributed by atoms with Crippen LogP contribution in [0.5, 0.6) is 0 Å². The molecule has 0 spiro atoms. The van der Waals surface area contributed by atoms with Crippen molar-refractivity contribution in [2.75, 3.05) is 18.8 Å². The predicted octanol–water partition coefficient (Wildman–Crippen LogP) is 2.58. The second kappa shape index (κ2) is 5.96. The fourth-order valence-corrected chi connectivity index (χ4v) is 3.77. The molecule has 3 rings (SSSR count). The summed E-state index contributed by atoms with van der Waals surface area (Å²) in [6, 6.07) is 6.18. The van der Waals surface area contributed by atoms with Crippen LogP contribution in [0.3, 0.4) is 0 Å². The van der Waals surface area contributed by atoms with Crippen molar-refractivity contribution in [3.05, 3.63) is 30.1 Å². The summed E-state index contributed by atoms with van der Waals surface area (Å²) in [6.45, 7) is 5.53. The second-order valence-electron chi connectivity index (χ2n) is 6.04. The van der Waals surface area contributed by atoms with Crippen LogP contribution in [0.1, 0.15) is 13.8 Å². The summed E-state index contributed by atoms with van der Waals surface area (Å²) >= 11 is 1.53. The fourth-order valence-electron chi connectivity index (χ4n) is 2.73. The molecule has 1 amide bonds. The van der Waals surface area contributed by atoms with E-state index in [0.29, 0.717) is 11.6 Å². The van der Waals surface area contributed by atoms with Crippen molar-refractivity contribution in [1.29, 1.82) is 0 Å². The highest BCUT2D eigenvalue weighted by Crippen LogP contribution is 2.37. The number of β-lactam (4-membered cyclic amide) rings is 1. The molecule has 23 heavy (non-hydrogen) atoms. The molecule has 0 saturated carbocycles. The third-order valence-corrected chi connectivity index (χ3v) is 5.58. The van der Waals surface area contributed by atoms with Gasteiger partial charge in [-0.3, -0.25) is 4.79 Å². The van der Waals surface area contributed by atoms with Gasteiger partial charge in [-0.05, 0) is 38.1 Å². The maximum absolute atomic E-state index is 13.0. The Bertz CT molecular complexity index is 730. The van der Waals surface area contributed by atoms with Crippen molar-refractivity contribution in [2.45, 2.75) is 19.0 Å². The first-order valence-corrected chi connectivity index (χ1v) is 8.50. The molecule has 1 fully saturated rings. The van der Waals surface area contributed by atoms with Gasteiger partial charge in [0.2, 0.25) is 5.91 Å². The molecule has 1 aromatic heterocycles. The summed E-state index contributed by atoms with van der Waals surface area (Å²) in [7, 11) is 1.88. The molecule has 1 aliphatic heterocycles. The van der Waals surface area contributed by atoms with Crippen LogP contribution in [0.2, 0.25) is 0 Å². The molecule has 1 unspecified atom stereocenters. The molecule has 1 aliphatic rings. The zero-order valence-electron chi connectivity index (χ0n) is 13.4. The first kappa shape index (κ1) is 16.0. The number of nitrogens with zero attached hydrogens (tertiary/aromatic N) is 4. The summed E-state index contributed by atoms with van der Waals surface area (Å²) in [5.41, 5.74) is 0.499. The fraction of sp³-hybridized carbons (Fsp3) is 0.438. The van der Waals surface area contributed by atoms with E-state index in [0.717, 1.165) is 23.8 Å². The summed E-state index contributed by atoms with van der Waals surface area (Å²) in [6.07, 6.45) is 0. The van der Waals surface area contributed by atoms with Crippen molar-refractivity contribution in [3.63, 3.8) is 0 Å². The minimum absolute atomic E-state index is 0.202. The van der Waals surface area contributed by atoms with Crippen molar-refractivity contribution in [1.82, 2.24) is 19.7 Å². The van der Waals surface area contributed by atoms with E-state index in [1.54, 1.807) is 12.1 Å². The Hall–Kier alpha value is -1.89. The number of thioether (sulfide) groups is 1.